The van der Waals surface area contributed by atoms with Gasteiger partial charge in [0.2, 0.25) is 0 Å². The third-order valence-corrected chi connectivity index (χ3v) is 2.55. The van der Waals surface area contributed by atoms with Crippen molar-refractivity contribution in [2.75, 3.05) is 5.32 Å². The number of rotatable bonds is 2. The summed E-state index contributed by atoms with van der Waals surface area (Å²) in [5.74, 6) is -3.49. The second-order valence-electron chi connectivity index (χ2n) is 4.44. The fourth-order valence-corrected chi connectivity index (χ4v) is 1.57. The van der Waals surface area contributed by atoms with Gasteiger partial charge < -0.3 is 9.73 Å². The molecule has 0 aliphatic carbocycles. The van der Waals surface area contributed by atoms with Crippen molar-refractivity contribution in [3.63, 3.8) is 0 Å². The van der Waals surface area contributed by atoms with Crippen molar-refractivity contribution in [2.24, 2.45) is 0 Å². The molecule has 0 saturated heterocycles. The normalized spacial score (nSPS) is 11.5. The standard InChI is InChI=1S/C13H10F4N2O2/c1-6(2)9(14)11(20)18-7-4-3-5-8-10(7)19-12(21-8)13(15,16)17/h3-5H,1-2H3,(H,18,20). The number of carbonyl (C=O) groups is 1. The van der Waals surface area contributed by atoms with E-state index < -0.39 is 23.8 Å². The highest BCUT2D eigenvalue weighted by Gasteiger charge is 2.37. The van der Waals surface area contributed by atoms with E-state index in [-0.39, 0.29) is 22.4 Å². The Bertz CT molecular complexity index is 727. The van der Waals surface area contributed by atoms with Gasteiger partial charge in [0.05, 0.1) is 5.69 Å². The number of nitrogens with zero attached hydrogens (tertiary/aromatic N) is 1. The van der Waals surface area contributed by atoms with E-state index in [1.54, 1.807) is 0 Å². The third kappa shape index (κ3) is 3.04. The second kappa shape index (κ2) is 5.19. The van der Waals surface area contributed by atoms with Crippen LogP contribution in [0.5, 0.6) is 0 Å². The lowest BCUT2D eigenvalue weighted by molar-refractivity contribution is -0.156. The van der Waals surface area contributed by atoms with Gasteiger partial charge in [-0.2, -0.15) is 13.2 Å². The first-order valence-electron chi connectivity index (χ1n) is 5.81. The van der Waals surface area contributed by atoms with Crippen molar-refractivity contribution in [1.29, 1.82) is 0 Å². The lowest BCUT2D eigenvalue weighted by Gasteiger charge is -2.04. The van der Waals surface area contributed by atoms with E-state index in [2.05, 4.69) is 14.7 Å². The Morgan fingerprint density at radius 1 is 1.29 bits per heavy atom. The number of amides is 1. The van der Waals surface area contributed by atoms with Gasteiger partial charge in [-0.3, -0.25) is 4.79 Å². The van der Waals surface area contributed by atoms with Crippen LogP contribution < -0.4 is 5.32 Å². The van der Waals surface area contributed by atoms with E-state index in [0.717, 1.165) is 0 Å². The monoisotopic (exact) mass is 302 g/mol. The quantitative estimate of drug-likeness (QED) is 0.672. The van der Waals surface area contributed by atoms with Gasteiger partial charge in [0.25, 0.3) is 5.91 Å². The zero-order valence-electron chi connectivity index (χ0n) is 11.0. The van der Waals surface area contributed by atoms with Gasteiger partial charge in [0.1, 0.15) is 5.52 Å². The summed E-state index contributed by atoms with van der Waals surface area (Å²) >= 11 is 0. The van der Waals surface area contributed by atoms with Crippen LogP contribution in [0.1, 0.15) is 19.7 Å². The first-order valence-corrected chi connectivity index (χ1v) is 5.81. The van der Waals surface area contributed by atoms with Crippen LogP contribution in [0.3, 0.4) is 0 Å². The molecule has 0 bridgehead atoms. The summed E-state index contributed by atoms with van der Waals surface area (Å²) < 4.78 is 55.6. The number of allylic oxidation sites excluding steroid dienone is 1. The molecular weight excluding hydrogens is 292 g/mol. The molecule has 2 aromatic rings. The van der Waals surface area contributed by atoms with Crippen molar-refractivity contribution < 1.29 is 26.8 Å². The van der Waals surface area contributed by atoms with Gasteiger partial charge in [-0.1, -0.05) is 6.07 Å². The SMILES string of the molecule is CC(C)=C(F)C(=O)Nc1cccc2oc(C(F)(F)F)nc12. The number of oxazole rings is 1. The summed E-state index contributed by atoms with van der Waals surface area (Å²) in [4.78, 5) is 14.9. The molecule has 0 atom stereocenters. The summed E-state index contributed by atoms with van der Waals surface area (Å²) in [6.45, 7) is 2.79. The van der Waals surface area contributed by atoms with Crippen molar-refractivity contribution in [3.05, 3.63) is 35.5 Å². The molecule has 4 nitrogen and oxygen atoms in total. The number of para-hydroxylation sites is 1. The van der Waals surface area contributed by atoms with E-state index >= 15 is 0 Å². The van der Waals surface area contributed by atoms with E-state index in [0.29, 0.717) is 0 Å². The highest BCUT2D eigenvalue weighted by Crippen LogP contribution is 2.33. The number of fused-ring (bicyclic) bond motifs is 1. The Hall–Kier alpha value is -2.38. The third-order valence-electron chi connectivity index (χ3n) is 2.55. The highest BCUT2D eigenvalue weighted by atomic mass is 19.4. The number of hydrogen-bond acceptors (Lipinski definition) is 3. The summed E-state index contributed by atoms with van der Waals surface area (Å²) in [5.41, 5.74) is -0.263. The lowest BCUT2D eigenvalue weighted by Crippen LogP contribution is -2.13. The number of nitrogens with one attached hydrogen (secondary N) is 1. The van der Waals surface area contributed by atoms with Crippen LogP contribution in [0.2, 0.25) is 0 Å². The van der Waals surface area contributed by atoms with Crippen LogP contribution in [0.15, 0.2) is 34.0 Å². The van der Waals surface area contributed by atoms with Gasteiger partial charge in [-0.25, -0.2) is 9.37 Å². The van der Waals surface area contributed by atoms with Gasteiger partial charge in [0.15, 0.2) is 11.4 Å². The average molecular weight is 302 g/mol. The molecule has 1 aromatic carbocycles. The minimum Gasteiger partial charge on any atom is -0.433 e. The number of alkyl halides is 3. The molecule has 8 heteroatoms. The fourth-order valence-electron chi connectivity index (χ4n) is 1.57. The van der Waals surface area contributed by atoms with Crippen LogP contribution in [0, 0.1) is 0 Å². The average Bonchev–Trinajstić information content (AvgIpc) is 2.82. The predicted octanol–water partition coefficient (Wildman–Crippen LogP) is 4.05. The minimum absolute atomic E-state index is 0.0619. The minimum atomic E-state index is -4.74. The summed E-state index contributed by atoms with van der Waals surface area (Å²) in [7, 11) is 0. The first kappa shape index (κ1) is 15.0. The highest BCUT2D eigenvalue weighted by molar-refractivity contribution is 6.06. The molecule has 112 valence electrons. The lowest BCUT2D eigenvalue weighted by atomic mass is 10.2. The number of halogens is 4. The molecule has 1 amide bonds. The molecule has 1 heterocycles. The molecular formula is C13H10F4N2O2. The maximum atomic E-state index is 13.4. The number of benzene rings is 1. The maximum absolute atomic E-state index is 13.4. The molecule has 0 radical (unpaired) electrons. The second-order valence-corrected chi connectivity index (χ2v) is 4.44. The van der Waals surface area contributed by atoms with Crippen LogP contribution in [0.4, 0.5) is 23.2 Å². The molecule has 2 rings (SSSR count). The van der Waals surface area contributed by atoms with Crippen molar-refractivity contribution in [3.8, 4) is 0 Å². The van der Waals surface area contributed by atoms with Gasteiger partial charge >= 0.3 is 12.1 Å². The topological polar surface area (TPSA) is 55.1 Å². The number of carbonyl (C=O) groups excluding carboxylic acids is 1. The molecule has 1 aromatic heterocycles. The Balaban J connectivity index is 2.44. The molecule has 0 unspecified atom stereocenters. The fraction of sp³-hybridized carbons (Fsp3) is 0.231. The van der Waals surface area contributed by atoms with Crippen molar-refractivity contribution in [2.45, 2.75) is 20.0 Å². The van der Waals surface area contributed by atoms with Gasteiger partial charge in [-0.05, 0) is 31.6 Å². The summed E-state index contributed by atoms with van der Waals surface area (Å²) in [5, 5.41) is 2.17. The Labute approximate surface area is 116 Å². The largest absolute Gasteiger partial charge is 0.468 e. The summed E-state index contributed by atoms with van der Waals surface area (Å²) in [6, 6.07) is 3.94. The number of hydrogen-bond donors (Lipinski definition) is 1. The summed E-state index contributed by atoms with van der Waals surface area (Å²) in [6.07, 6.45) is -4.74. The molecule has 0 saturated carbocycles. The van der Waals surface area contributed by atoms with Crippen LogP contribution in [-0.4, -0.2) is 10.9 Å². The Kier molecular flexibility index (Phi) is 3.71. The van der Waals surface area contributed by atoms with E-state index in [9.17, 15) is 22.4 Å². The van der Waals surface area contributed by atoms with Crippen molar-refractivity contribution >= 4 is 22.7 Å². The van der Waals surface area contributed by atoms with E-state index in [1.807, 2.05) is 0 Å². The molecule has 0 aliphatic heterocycles. The Morgan fingerprint density at radius 3 is 2.52 bits per heavy atom. The zero-order chi connectivity index (χ0) is 15.8. The van der Waals surface area contributed by atoms with Crippen LogP contribution in [0.25, 0.3) is 11.1 Å². The first-order chi connectivity index (χ1) is 9.70. The molecule has 1 N–H and O–H groups in total. The number of aromatic nitrogens is 1. The molecule has 0 spiro atoms. The van der Waals surface area contributed by atoms with Crippen LogP contribution in [-0.2, 0) is 11.0 Å². The van der Waals surface area contributed by atoms with E-state index in [4.69, 9.17) is 0 Å². The van der Waals surface area contributed by atoms with Gasteiger partial charge in [0, 0.05) is 0 Å². The number of anilines is 1. The smallest absolute Gasteiger partial charge is 0.433 e. The predicted molar refractivity (Wildman–Crippen MR) is 67.1 cm³/mol. The van der Waals surface area contributed by atoms with E-state index in [1.165, 1.54) is 32.0 Å². The molecule has 21 heavy (non-hydrogen) atoms. The zero-order valence-corrected chi connectivity index (χ0v) is 11.0. The maximum Gasteiger partial charge on any atom is 0.468 e. The Morgan fingerprint density at radius 2 is 1.95 bits per heavy atom. The van der Waals surface area contributed by atoms with Crippen molar-refractivity contribution in [1.82, 2.24) is 4.98 Å². The van der Waals surface area contributed by atoms with Crippen LogP contribution >= 0.6 is 0 Å². The molecule has 0 aliphatic rings. The molecule has 0 fully saturated rings. The van der Waals surface area contributed by atoms with Gasteiger partial charge in [-0.15, -0.1) is 0 Å².